The molecule has 1 aromatic heterocycles. The first-order chi connectivity index (χ1) is 15.4. The zero-order valence-electron chi connectivity index (χ0n) is 17.8. The van der Waals surface area contributed by atoms with Crippen molar-refractivity contribution in [1.29, 1.82) is 0 Å². The van der Waals surface area contributed by atoms with Crippen LogP contribution in [0.1, 0.15) is 29.8 Å². The van der Waals surface area contributed by atoms with Gasteiger partial charge in [0.2, 0.25) is 0 Å². The van der Waals surface area contributed by atoms with Crippen molar-refractivity contribution in [2.24, 2.45) is 0 Å². The van der Waals surface area contributed by atoms with E-state index in [1.165, 1.54) is 0 Å². The quantitative estimate of drug-likeness (QED) is 0.369. The van der Waals surface area contributed by atoms with Crippen LogP contribution in [-0.2, 0) is 21.2 Å². The number of sulfonamides is 1. The lowest BCUT2D eigenvalue weighted by atomic mass is 10.1. The van der Waals surface area contributed by atoms with Crippen LogP contribution in [-0.4, -0.2) is 21.0 Å². The molecule has 0 unspecified atom stereocenters. The summed E-state index contributed by atoms with van der Waals surface area (Å²) in [6.45, 7) is 3.94. The first kappa shape index (κ1) is 21.6. The average molecular weight is 450 g/mol. The number of hydrogen-bond acceptors (Lipinski definition) is 5. The third kappa shape index (κ3) is 4.24. The van der Waals surface area contributed by atoms with Gasteiger partial charge in [-0.3, -0.25) is 4.72 Å². The topological polar surface area (TPSA) is 85.6 Å². The van der Waals surface area contributed by atoms with Crippen LogP contribution >= 0.6 is 0 Å². The number of anilines is 1. The fraction of sp³-hybridized carbons (Fsp3) is 0.160. The van der Waals surface area contributed by atoms with Gasteiger partial charge in [-0.25, -0.2) is 13.2 Å². The molecule has 1 N–H and O–H groups in total. The van der Waals surface area contributed by atoms with E-state index in [-0.39, 0.29) is 17.1 Å². The van der Waals surface area contributed by atoms with Gasteiger partial charge in [0.15, 0.2) is 0 Å². The maximum absolute atomic E-state index is 12.9. The van der Waals surface area contributed by atoms with Crippen molar-refractivity contribution in [3.8, 4) is 11.3 Å². The Bertz CT molecular complexity index is 1360. The van der Waals surface area contributed by atoms with Gasteiger partial charge in [-0.1, -0.05) is 49.4 Å². The van der Waals surface area contributed by atoms with Crippen molar-refractivity contribution in [1.82, 2.24) is 0 Å². The summed E-state index contributed by atoms with van der Waals surface area (Å²) >= 11 is 0. The summed E-state index contributed by atoms with van der Waals surface area (Å²) in [6, 6.07) is 20.8. The highest BCUT2D eigenvalue weighted by molar-refractivity contribution is 7.92. The summed E-state index contributed by atoms with van der Waals surface area (Å²) in [5, 5.41) is 0.476. The lowest BCUT2D eigenvalue weighted by Crippen LogP contribution is -2.13. The predicted molar refractivity (Wildman–Crippen MR) is 124 cm³/mol. The van der Waals surface area contributed by atoms with Gasteiger partial charge in [-0.05, 0) is 49.2 Å². The Morgan fingerprint density at radius 3 is 2.34 bits per heavy atom. The lowest BCUT2D eigenvalue weighted by molar-refractivity contribution is 0.0528. The van der Waals surface area contributed by atoms with E-state index in [1.54, 1.807) is 49.4 Å². The summed E-state index contributed by atoms with van der Waals surface area (Å²) < 4.78 is 39.5. The minimum atomic E-state index is -3.79. The molecule has 7 heteroatoms. The minimum Gasteiger partial charge on any atom is -0.462 e. The number of hydrogen-bond donors (Lipinski definition) is 1. The van der Waals surface area contributed by atoms with Gasteiger partial charge in [0.1, 0.15) is 16.9 Å². The van der Waals surface area contributed by atoms with E-state index in [2.05, 4.69) is 4.72 Å². The van der Waals surface area contributed by atoms with E-state index in [9.17, 15) is 13.2 Å². The summed E-state index contributed by atoms with van der Waals surface area (Å²) in [7, 11) is -3.79. The third-order valence-corrected chi connectivity index (χ3v) is 6.49. The monoisotopic (exact) mass is 449 g/mol. The van der Waals surface area contributed by atoms with Crippen molar-refractivity contribution >= 4 is 32.6 Å². The molecule has 164 valence electrons. The van der Waals surface area contributed by atoms with Crippen LogP contribution in [0.25, 0.3) is 22.3 Å². The predicted octanol–water partition coefficient (Wildman–Crippen LogP) is 5.64. The number of nitrogens with one attached hydrogen (secondary N) is 1. The second-order valence-corrected chi connectivity index (χ2v) is 8.89. The van der Waals surface area contributed by atoms with Crippen LogP contribution in [0.5, 0.6) is 0 Å². The molecule has 0 radical (unpaired) electrons. The minimum absolute atomic E-state index is 0.164. The summed E-state index contributed by atoms with van der Waals surface area (Å²) in [4.78, 5) is 12.9. The van der Waals surface area contributed by atoms with Gasteiger partial charge in [-0.2, -0.15) is 0 Å². The van der Waals surface area contributed by atoms with Crippen LogP contribution in [0.15, 0.2) is 82.1 Å². The van der Waals surface area contributed by atoms with E-state index in [0.29, 0.717) is 22.4 Å². The highest BCUT2D eigenvalue weighted by atomic mass is 32.2. The number of carbonyl (C=O) groups is 1. The highest BCUT2D eigenvalue weighted by Crippen LogP contribution is 2.36. The number of ether oxygens (including phenoxy) is 1. The van der Waals surface area contributed by atoms with Crippen LogP contribution < -0.4 is 4.72 Å². The molecular weight excluding hydrogens is 426 g/mol. The number of furan rings is 1. The number of fused-ring (bicyclic) bond motifs is 1. The molecule has 4 aromatic rings. The molecular formula is C25H23NO5S. The Kier molecular flexibility index (Phi) is 6.01. The molecule has 3 aromatic carbocycles. The van der Waals surface area contributed by atoms with Gasteiger partial charge in [0.25, 0.3) is 10.0 Å². The van der Waals surface area contributed by atoms with Gasteiger partial charge in [0.05, 0.1) is 11.5 Å². The van der Waals surface area contributed by atoms with Gasteiger partial charge < -0.3 is 9.15 Å². The van der Waals surface area contributed by atoms with Gasteiger partial charge in [-0.15, -0.1) is 0 Å². The average Bonchev–Trinajstić information content (AvgIpc) is 3.18. The number of carbonyl (C=O) groups excluding carboxylic acids is 1. The van der Waals surface area contributed by atoms with Crippen molar-refractivity contribution in [3.63, 3.8) is 0 Å². The molecule has 0 saturated heterocycles. The first-order valence-electron chi connectivity index (χ1n) is 10.3. The van der Waals surface area contributed by atoms with Crippen molar-refractivity contribution < 1.29 is 22.4 Å². The maximum atomic E-state index is 12.9. The van der Waals surface area contributed by atoms with E-state index in [1.807, 2.05) is 37.3 Å². The zero-order chi connectivity index (χ0) is 22.7. The van der Waals surface area contributed by atoms with E-state index in [0.717, 1.165) is 17.5 Å². The highest BCUT2D eigenvalue weighted by Gasteiger charge is 2.24. The fourth-order valence-electron chi connectivity index (χ4n) is 3.48. The summed E-state index contributed by atoms with van der Waals surface area (Å²) in [5.41, 5.74) is 2.83. The molecule has 0 aliphatic carbocycles. The Labute approximate surface area is 186 Å². The molecule has 0 atom stereocenters. The largest absolute Gasteiger partial charge is 0.462 e. The van der Waals surface area contributed by atoms with Crippen LogP contribution in [0, 0.1) is 0 Å². The Morgan fingerprint density at radius 2 is 1.69 bits per heavy atom. The van der Waals surface area contributed by atoms with Crippen molar-refractivity contribution in [2.45, 2.75) is 25.2 Å². The van der Waals surface area contributed by atoms with Gasteiger partial charge in [0, 0.05) is 16.6 Å². The maximum Gasteiger partial charge on any atom is 0.342 e. The molecule has 0 aliphatic rings. The Morgan fingerprint density at radius 1 is 0.969 bits per heavy atom. The first-order valence-corrected chi connectivity index (χ1v) is 11.8. The van der Waals surface area contributed by atoms with Crippen molar-refractivity contribution in [3.05, 3.63) is 83.9 Å². The Hall–Kier alpha value is -3.58. The molecule has 1 heterocycles. The SMILES string of the molecule is CCOC(=O)c1c(-c2ccccc2)oc2ccc(NS(=O)(=O)c3ccc(CC)cc3)cc12. The van der Waals surface area contributed by atoms with Crippen LogP contribution in [0.3, 0.4) is 0 Å². The summed E-state index contributed by atoms with van der Waals surface area (Å²) in [6.07, 6.45) is 0.825. The smallest absolute Gasteiger partial charge is 0.342 e. The molecule has 32 heavy (non-hydrogen) atoms. The normalized spacial score (nSPS) is 11.4. The standard InChI is InChI=1S/C25H23NO5S/c1-3-17-10-13-20(14-11-17)32(28,29)26-19-12-15-22-21(16-19)23(25(27)30-4-2)24(31-22)18-8-6-5-7-9-18/h5-16,26H,3-4H2,1-2H3. The molecule has 6 nitrogen and oxygen atoms in total. The second-order valence-electron chi connectivity index (χ2n) is 7.21. The van der Waals surface area contributed by atoms with E-state index in [4.69, 9.17) is 9.15 Å². The lowest BCUT2D eigenvalue weighted by Gasteiger charge is -2.09. The van der Waals surface area contributed by atoms with Crippen LogP contribution in [0.4, 0.5) is 5.69 Å². The number of benzene rings is 3. The zero-order valence-corrected chi connectivity index (χ0v) is 18.6. The van der Waals surface area contributed by atoms with Crippen molar-refractivity contribution in [2.75, 3.05) is 11.3 Å². The number of esters is 1. The van der Waals surface area contributed by atoms with Gasteiger partial charge >= 0.3 is 5.97 Å². The molecule has 0 spiro atoms. The third-order valence-electron chi connectivity index (χ3n) is 5.10. The van der Waals surface area contributed by atoms with E-state index < -0.39 is 16.0 Å². The van der Waals surface area contributed by atoms with E-state index >= 15 is 0 Å². The number of aryl methyl sites for hydroxylation is 1. The molecule has 4 rings (SSSR count). The molecule has 0 bridgehead atoms. The summed E-state index contributed by atoms with van der Waals surface area (Å²) in [5.74, 6) is -0.144. The second kappa shape index (κ2) is 8.88. The fourth-order valence-corrected chi connectivity index (χ4v) is 4.53. The molecule has 0 saturated carbocycles. The molecule has 0 amide bonds. The van der Waals surface area contributed by atoms with Crippen LogP contribution in [0.2, 0.25) is 0 Å². The number of rotatable bonds is 7. The molecule has 0 aliphatic heterocycles. The molecule has 0 fully saturated rings. The Balaban J connectivity index is 1.77.